The summed E-state index contributed by atoms with van der Waals surface area (Å²) in [7, 11) is 0. The van der Waals surface area contributed by atoms with E-state index in [-0.39, 0.29) is 18.4 Å². The largest absolute Gasteiger partial charge is 0.416 e. The molecule has 1 aromatic heterocycles. The number of hydrogen-bond acceptors (Lipinski definition) is 2. The Morgan fingerprint density at radius 3 is 1.98 bits per heavy atom. The van der Waals surface area contributed by atoms with Gasteiger partial charge in [-0.1, -0.05) is 97.1 Å². The number of aromatic nitrogens is 1. The van der Waals surface area contributed by atoms with Crippen molar-refractivity contribution in [3.8, 4) is 0 Å². The number of amides is 1. The van der Waals surface area contributed by atoms with Crippen molar-refractivity contribution in [2.45, 2.75) is 24.6 Å². The predicted octanol–water partition coefficient (Wildman–Crippen LogP) is 7.64. The highest BCUT2D eigenvalue weighted by Gasteiger charge is 2.33. The summed E-state index contributed by atoms with van der Waals surface area (Å²) in [5.74, 6) is -0.575. The number of halogens is 3. The minimum absolute atomic E-state index is 0.0571. The van der Waals surface area contributed by atoms with Crippen LogP contribution in [0.15, 0.2) is 115 Å². The molecule has 1 aliphatic rings. The van der Waals surface area contributed by atoms with Crippen LogP contribution in [-0.2, 0) is 11.0 Å². The first-order chi connectivity index (χ1) is 20.4. The molecule has 2 heterocycles. The average molecular weight is 568 g/mol. The number of benzene rings is 4. The minimum atomic E-state index is -4.46. The van der Waals surface area contributed by atoms with Gasteiger partial charge in [0.25, 0.3) is 0 Å². The van der Waals surface area contributed by atoms with Gasteiger partial charge in [0.1, 0.15) is 0 Å². The third kappa shape index (κ3) is 5.83. The molecule has 1 amide bonds. The van der Waals surface area contributed by atoms with Crippen molar-refractivity contribution in [1.82, 2.24) is 14.8 Å². The fraction of sp³-hybridized carbons (Fsp3) is 0.229. The van der Waals surface area contributed by atoms with E-state index in [9.17, 15) is 18.0 Å². The summed E-state index contributed by atoms with van der Waals surface area (Å²) < 4.78 is 40.9. The Kier molecular flexibility index (Phi) is 7.85. The Labute approximate surface area is 243 Å². The number of carbonyl (C=O) groups is 1. The molecular weight excluding hydrogens is 535 g/mol. The highest BCUT2D eigenvalue weighted by Crippen LogP contribution is 2.37. The lowest BCUT2D eigenvalue weighted by atomic mass is 9.87. The van der Waals surface area contributed by atoms with Gasteiger partial charge >= 0.3 is 6.18 Å². The van der Waals surface area contributed by atoms with Crippen LogP contribution in [0.2, 0.25) is 0 Å². The molecular formula is C35H32F3N3O. The minimum Gasteiger partial charge on any atom is -0.361 e. The molecule has 214 valence electrons. The first-order valence-corrected chi connectivity index (χ1v) is 14.2. The lowest BCUT2D eigenvalue weighted by molar-refractivity contribution is -0.137. The van der Waals surface area contributed by atoms with Crippen LogP contribution in [0, 0.1) is 0 Å². The molecule has 0 radical (unpaired) electrons. The van der Waals surface area contributed by atoms with Gasteiger partial charge in [-0.05, 0) is 34.4 Å². The standard InChI is InChI=1S/C35H32F3N3O/c36-35(37,38)28-15-9-14-27(22-28)30(31-24-39-32-17-8-7-16-29(31)32)23-33(42)40-18-20-41(21-19-40)34(25-10-3-1-4-11-25)26-12-5-2-6-13-26/h1-17,22,24,30,34,39H,18-21,23H2/t30-/m1/s1. The summed E-state index contributed by atoms with van der Waals surface area (Å²) in [5, 5.41) is 0.908. The van der Waals surface area contributed by atoms with Crippen molar-refractivity contribution in [1.29, 1.82) is 0 Å². The summed E-state index contributed by atoms with van der Waals surface area (Å²) >= 11 is 0. The predicted molar refractivity (Wildman–Crippen MR) is 159 cm³/mol. The molecule has 1 saturated heterocycles. The number of alkyl halides is 3. The zero-order valence-corrected chi connectivity index (χ0v) is 23.1. The summed E-state index contributed by atoms with van der Waals surface area (Å²) in [6.45, 7) is 2.50. The summed E-state index contributed by atoms with van der Waals surface area (Å²) in [6.07, 6.45) is -2.55. The van der Waals surface area contributed by atoms with Crippen LogP contribution in [0.1, 0.15) is 46.2 Å². The van der Waals surface area contributed by atoms with Crippen molar-refractivity contribution in [3.63, 3.8) is 0 Å². The average Bonchev–Trinajstić information content (AvgIpc) is 3.45. The molecule has 4 aromatic carbocycles. The molecule has 0 saturated carbocycles. The van der Waals surface area contributed by atoms with E-state index in [0.717, 1.165) is 22.5 Å². The van der Waals surface area contributed by atoms with E-state index in [1.165, 1.54) is 23.3 Å². The molecule has 0 bridgehead atoms. The number of piperazine rings is 1. The van der Waals surface area contributed by atoms with Gasteiger partial charge in [-0.3, -0.25) is 9.69 Å². The molecule has 6 rings (SSSR count). The molecule has 5 aromatic rings. The molecule has 1 fully saturated rings. The number of rotatable bonds is 7. The second kappa shape index (κ2) is 11.9. The lowest BCUT2D eigenvalue weighted by Crippen LogP contribution is -2.50. The maximum atomic E-state index is 13.8. The molecule has 0 aliphatic carbocycles. The zero-order chi connectivity index (χ0) is 29.1. The van der Waals surface area contributed by atoms with Crippen LogP contribution < -0.4 is 0 Å². The smallest absolute Gasteiger partial charge is 0.361 e. The van der Waals surface area contributed by atoms with Crippen molar-refractivity contribution >= 4 is 16.8 Å². The molecule has 0 spiro atoms. The normalized spacial score (nSPS) is 15.3. The van der Waals surface area contributed by atoms with Gasteiger partial charge in [-0.25, -0.2) is 0 Å². The van der Waals surface area contributed by atoms with Crippen molar-refractivity contribution < 1.29 is 18.0 Å². The molecule has 1 N–H and O–H groups in total. The molecule has 1 atom stereocenters. The molecule has 4 nitrogen and oxygen atoms in total. The maximum Gasteiger partial charge on any atom is 0.416 e. The number of nitrogens with zero attached hydrogens (tertiary/aromatic N) is 2. The summed E-state index contributed by atoms with van der Waals surface area (Å²) in [4.78, 5) is 21.3. The number of H-pyrrole nitrogens is 1. The highest BCUT2D eigenvalue weighted by atomic mass is 19.4. The van der Waals surface area contributed by atoms with E-state index in [2.05, 4.69) is 34.1 Å². The molecule has 7 heteroatoms. The highest BCUT2D eigenvalue weighted by molar-refractivity contribution is 5.86. The number of nitrogens with one attached hydrogen (secondary N) is 1. The molecule has 1 aliphatic heterocycles. The number of aromatic amines is 1. The SMILES string of the molecule is O=C(C[C@H](c1cccc(C(F)(F)F)c1)c1c[nH]c2ccccc12)N1CCN(C(c2ccccc2)c2ccccc2)CC1. The Morgan fingerprint density at radius 2 is 1.33 bits per heavy atom. The zero-order valence-electron chi connectivity index (χ0n) is 23.1. The Hall–Kier alpha value is -4.36. The first kappa shape index (κ1) is 27.8. The Balaban J connectivity index is 1.24. The van der Waals surface area contributed by atoms with E-state index >= 15 is 0 Å². The van der Waals surface area contributed by atoms with Crippen molar-refractivity contribution in [3.05, 3.63) is 143 Å². The Bertz CT molecular complexity index is 1600. The van der Waals surface area contributed by atoms with E-state index < -0.39 is 17.7 Å². The van der Waals surface area contributed by atoms with Crippen LogP contribution in [0.3, 0.4) is 0 Å². The van der Waals surface area contributed by atoms with Gasteiger partial charge < -0.3 is 9.88 Å². The maximum absolute atomic E-state index is 13.8. The van der Waals surface area contributed by atoms with E-state index in [1.54, 1.807) is 6.07 Å². The third-order valence-corrected chi connectivity index (χ3v) is 8.25. The van der Waals surface area contributed by atoms with Gasteiger partial charge in [0.05, 0.1) is 11.6 Å². The van der Waals surface area contributed by atoms with Crippen LogP contribution in [0.25, 0.3) is 10.9 Å². The summed E-state index contributed by atoms with van der Waals surface area (Å²) in [6, 6.07) is 33.9. The number of carbonyl (C=O) groups excluding carboxylic acids is 1. The van der Waals surface area contributed by atoms with E-state index in [4.69, 9.17) is 0 Å². The first-order valence-electron chi connectivity index (χ1n) is 14.2. The monoisotopic (exact) mass is 567 g/mol. The molecule has 42 heavy (non-hydrogen) atoms. The van der Waals surface area contributed by atoms with Gasteiger partial charge in [0.15, 0.2) is 0 Å². The second-order valence-corrected chi connectivity index (χ2v) is 10.8. The van der Waals surface area contributed by atoms with Crippen LogP contribution in [0.5, 0.6) is 0 Å². The quantitative estimate of drug-likeness (QED) is 0.220. The van der Waals surface area contributed by atoms with Crippen LogP contribution in [0.4, 0.5) is 13.2 Å². The number of hydrogen-bond donors (Lipinski definition) is 1. The fourth-order valence-corrected chi connectivity index (χ4v) is 6.14. The van der Waals surface area contributed by atoms with Gasteiger partial charge in [-0.2, -0.15) is 13.2 Å². The number of fused-ring (bicyclic) bond motifs is 1. The van der Waals surface area contributed by atoms with E-state index in [1.807, 2.05) is 71.8 Å². The molecule has 0 unspecified atom stereocenters. The number of para-hydroxylation sites is 1. The lowest BCUT2D eigenvalue weighted by Gasteiger charge is -2.40. The fourth-order valence-electron chi connectivity index (χ4n) is 6.14. The van der Waals surface area contributed by atoms with Crippen LogP contribution >= 0.6 is 0 Å². The van der Waals surface area contributed by atoms with Crippen molar-refractivity contribution in [2.24, 2.45) is 0 Å². The topological polar surface area (TPSA) is 39.3 Å². The summed E-state index contributed by atoms with van der Waals surface area (Å²) in [5.41, 5.74) is 3.89. The van der Waals surface area contributed by atoms with Crippen molar-refractivity contribution in [2.75, 3.05) is 26.2 Å². The van der Waals surface area contributed by atoms with E-state index in [0.29, 0.717) is 31.7 Å². The third-order valence-electron chi connectivity index (χ3n) is 8.25. The second-order valence-electron chi connectivity index (χ2n) is 10.8. The van der Waals surface area contributed by atoms with Gasteiger partial charge in [0, 0.05) is 55.6 Å². The van der Waals surface area contributed by atoms with Crippen LogP contribution in [-0.4, -0.2) is 46.9 Å². The Morgan fingerprint density at radius 1 is 0.738 bits per heavy atom. The van der Waals surface area contributed by atoms with Gasteiger partial charge in [-0.15, -0.1) is 0 Å². The van der Waals surface area contributed by atoms with Gasteiger partial charge in [0.2, 0.25) is 5.91 Å².